The number of aryl methyl sites for hydroxylation is 1. The molecule has 6 nitrogen and oxygen atoms in total. The largest absolute Gasteiger partial charge is 0.353 e. The van der Waals surface area contributed by atoms with Crippen LogP contribution >= 0.6 is 12.2 Å². The Hall–Kier alpha value is -2.77. The van der Waals surface area contributed by atoms with Gasteiger partial charge < -0.3 is 14.5 Å². The van der Waals surface area contributed by atoms with E-state index in [1.165, 1.54) is 5.56 Å². The summed E-state index contributed by atoms with van der Waals surface area (Å²) in [4.78, 5) is 17.4. The Morgan fingerprint density at radius 3 is 2.59 bits per heavy atom. The third-order valence-electron chi connectivity index (χ3n) is 5.75. The summed E-state index contributed by atoms with van der Waals surface area (Å²) in [5, 5.41) is 1.08. The number of anilines is 1. The van der Waals surface area contributed by atoms with Gasteiger partial charge in [-0.05, 0) is 36.8 Å². The first kappa shape index (κ1) is 18.3. The highest BCUT2D eigenvalue weighted by molar-refractivity contribution is 7.71. The van der Waals surface area contributed by atoms with Crippen molar-refractivity contribution in [2.45, 2.75) is 20.0 Å². The second-order valence-electron chi connectivity index (χ2n) is 7.51. The molecule has 3 heterocycles. The van der Waals surface area contributed by atoms with Gasteiger partial charge in [0.2, 0.25) is 0 Å². The van der Waals surface area contributed by atoms with Crippen LogP contribution in [0.1, 0.15) is 12.5 Å². The van der Waals surface area contributed by atoms with Crippen molar-refractivity contribution in [1.29, 1.82) is 0 Å². The van der Waals surface area contributed by atoms with Crippen molar-refractivity contribution in [1.82, 2.24) is 24.4 Å². The summed E-state index contributed by atoms with van der Waals surface area (Å²) < 4.78 is 2.86. The van der Waals surface area contributed by atoms with E-state index in [1.807, 2.05) is 0 Å². The summed E-state index contributed by atoms with van der Waals surface area (Å²) in [5.41, 5.74) is 4.47. The Bertz CT molecular complexity index is 1200. The van der Waals surface area contributed by atoms with Crippen LogP contribution in [0.15, 0.2) is 48.8 Å². The van der Waals surface area contributed by atoms with Crippen LogP contribution in [0.25, 0.3) is 21.9 Å². The van der Waals surface area contributed by atoms with Gasteiger partial charge in [-0.15, -0.1) is 0 Å². The summed E-state index contributed by atoms with van der Waals surface area (Å²) >= 11 is 5.47. The van der Waals surface area contributed by atoms with Gasteiger partial charge in [-0.25, -0.2) is 9.97 Å². The fraction of sp³-hybridized carbons (Fsp3) is 0.318. The molecule has 0 aliphatic carbocycles. The summed E-state index contributed by atoms with van der Waals surface area (Å²) in [6.45, 7) is 7.92. The molecule has 7 heteroatoms. The van der Waals surface area contributed by atoms with Crippen molar-refractivity contribution < 1.29 is 0 Å². The highest BCUT2D eigenvalue weighted by atomic mass is 32.1. The number of hydrogen-bond donors (Lipinski definition) is 1. The predicted molar refractivity (Wildman–Crippen MR) is 120 cm³/mol. The van der Waals surface area contributed by atoms with Gasteiger partial charge in [-0.1, -0.05) is 30.3 Å². The Labute approximate surface area is 174 Å². The van der Waals surface area contributed by atoms with Gasteiger partial charge in [0.05, 0.1) is 16.6 Å². The van der Waals surface area contributed by atoms with Crippen LogP contribution in [-0.2, 0) is 13.1 Å². The number of aromatic nitrogens is 4. The summed E-state index contributed by atoms with van der Waals surface area (Å²) in [5.74, 6) is 1.01. The Balaban J connectivity index is 1.42. The van der Waals surface area contributed by atoms with E-state index < -0.39 is 0 Å². The molecule has 5 rings (SSSR count). The first-order valence-electron chi connectivity index (χ1n) is 10.1. The van der Waals surface area contributed by atoms with Crippen LogP contribution < -0.4 is 4.90 Å². The zero-order chi connectivity index (χ0) is 19.8. The van der Waals surface area contributed by atoms with Gasteiger partial charge in [0.1, 0.15) is 12.1 Å². The van der Waals surface area contributed by atoms with Crippen LogP contribution in [0.3, 0.4) is 0 Å². The van der Waals surface area contributed by atoms with Crippen molar-refractivity contribution in [2.75, 3.05) is 31.1 Å². The standard InChI is InChI=1S/C22H24N6S/c1-2-28-20-13-18-17(12-19(20)25-22(28)29)21(24-15-23-18)27-10-8-26(9-11-27)14-16-6-4-3-5-7-16/h3-7,12-13,15H,2,8-11,14H2,1H3,(H,25,29). The molecule has 0 spiro atoms. The molecule has 0 saturated carbocycles. The number of imidazole rings is 1. The summed E-state index contributed by atoms with van der Waals surface area (Å²) in [7, 11) is 0. The minimum atomic E-state index is 0.752. The average Bonchev–Trinajstić information content (AvgIpc) is 3.07. The molecule has 1 aliphatic heterocycles. The van der Waals surface area contributed by atoms with Crippen molar-refractivity contribution in [3.05, 3.63) is 59.1 Å². The van der Waals surface area contributed by atoms with Crippen molar-refractivity contribution in [3.63, 3.8) is 0 Å². The lowest BCUT2D eigenvalue weighted by atomic mass is 10.1. The lowest BCUT2D eigenvalue weighted by molar-refractivity contribution is 0.249. The number of hydrogen-bond acceptors (Lipinski definition) is 5. The number of piperazine rings is 1. The van der Waals surface area contributed by atoms with Gasteiger partial charge >= 0.3 is 0 Å². The topological polar surface area (TPSA) is 53.0 Å². The van der Waals surface area contributed by atoms with E-state index in [0.29, 0.717) is 0 Å². The first-order valence-corrected chi connectivity index (χ1v) is 10.5. The lowest BCUT2D eigenvalue weighted by Gasteiger charge is -2.35. The van der Waals surface area contributed by atoms with Crippen LogP contribution in [0, 0.1) is 4.77 Å². The lowest BCUT2D eigenvalue weighted by Crippen LogP contribution is -2.46. The predicted octanol–water partition coefficient (Wildman–Crippen LogP) is 3.98. The number of H-pyrrole nitrogens is 1. The molecule has 0 unspecified atom stereocenters. The van der Waals surface area contributed by atoms with E-state index in [4.69, 9.17) is 12.2 Å². The van der Waals surface area contributed by atoms with E-state index in [0.717, 1.165) is 71.8 Å². The molecule has 1 aliphatic rings. The second-order valence-corrected chi connectivity index (χ2v) is 7.89. The maximum Gasteiger partial charge on any atom is 0.178 e. The molecule has 0 atom stereocenters. The summed E-state index contributed by atoms with van der Waals surface area (Å²) in [6.07, 6.45) is 1.68. The number of nitrogens with one attached hydrogen (secondary N) is 1. The molecule has 29 heavy (non-hydrogen) atoms. The molecule has 0 bridgehead atoms. The SMILES string of the molecule is CCn1c(=S)[nH]c2cc3c(N4CCN(Cc5ccccc5)CC4)ncnc3cc21. The molecule has 0 radical (unpaired) electrons. The highest BCUT2D eigenvalue weighted by Crippen LogP contribution is 2.28. The van der Waals surface area contributed by atoms with E-state index in [9.17, 15) is 0 Å². The Morgan fingerprint density at radius 1 is 1.03 bits per heavy atom. The maximum atomic E-state index is 5.47. The zero-order valence-electron chi connectivity index (χ0n) is 16.5. The number of aromatic amines is 1. The molecule has 4 aromatic rings. The van der Waals surface area contributed by atoms with E-state index in [-0.39, 0.29) is 0 Å². The number of rotatable bonds is 4. The fourth-order valence-corrected chi connectivity index (χ4v) is 4.56. The number of benzene rings is 2. The van der Waals surface area contributed by atoms with Crippen LogP contribution in [0.4, 0.5) is 5.82 Å². The molecule has 2 aromatic heterocycles. The quantitative estimate of drug-likeness (QED) is 0.522. The molecule has 1 fully saturated rings. The van der Waals surface area contributed by atoms with Gasteiger partial charge in [0, 0.05) is 44.7 Å². The molecule has 148 valence electrons. The van der Waals surface area contributed by atoms with Gasteiger partial charge in [-0.2, -0.15) is 0 Å². The third-order valence-corrected chi connectivity index (χ3v) is 6.07. The second kappa shape index (κ2) is 7.57. The van der Waals surface area contributed by atoms with E-state index in [1.54, 1.807) is 6.33 Å². The molecule has 0 amide bonds. The monoisotopic (exact) mass is 404 g/mol. The van der Waals surface area contributed by atoms with Crippen molar-refractivity contribution >= 4 is 40.0 Å². The Morgan fingerprint density at radius 2 is 1.83 bits per heavy atom. The average molecular weight is 405 g/mol. The first-order chi connectivity index (χ1) is 14.2. The zero-order valence-corrected chi connectivity index (χ0v) is 17.3. The van der Waals surface area contributed by atoms with Crippen LogP contribution in [0.2, 0.25) is 0 Å². The fourth-order valence-electron chi connectivity index (χ4n) is 4.22. The molecular formula is C22H24N6S. The summed E-state index contributed by atoms with van der Waals surface area (Å²) in [6, 6.07) is 15.0. The normalized spacial score (nSPS) is 15.4. The third kappa shape index (κ3) is 3.41. The smallest absolute Gasteiger partial charge is 0.178 e. The molecule has 2 aromatic carbocycles. The highest BCUT2D eigenvalue weighted by Gasteiger charge is 2.20. The number of nitrogens with zero attached hydrogens (tertiary/aromatic N) is 5. The number of fused-ring (bicyclic) bond motifs is 2. The van der Waals surface area contributed by atoms with E-state index >= 15 is 0 Å². The maximum absolute atomic E-state index is 5.47. The van der Waals surface area contributed by atoms with Crippen LogP contribution in [0.5, 0.6) is 0 Å². The molecule has 1 saturated heterocycles. The van der Waals surface area contributed by atoms with Gasteiger partial charge in [-0.3, -0.25) is 4.90 Å². The van der Waals surface area contributed by atoms with Crippen LogP contribution in [-0.4, -0.2) is 50.6 Å². The molecule has 1 N–H and O–H groups in total. The minimum absolute atomic E-state index is 0.752. The van der Waals surface area contributed by atoms with Crippen molar-refractivity contribution in [3.8, 4) is 0 Å². The van der Waals surface area contributed by atoms with Gasteiger partial charge in [0.15, 0.2) is 4.77 Å². The van der Waals surface area contributed by atoms with Crippen molar-refractivity contribution in [2.24, 2.45) is 0 Å². The molecular weight excluding hydrogens is 380 g/mol. The van der Waals surface area contributed by atoms with Gasteiger partial charge in [0.25, 0.3) is 0 Å². The Kier molecular flexibility index (Phi) is 4.77. The van der Waals surface area contributed by atoms with E-state index in [2.05, 4.69) is 78.7 Å². The minimum Gasteiger partial charge on any atom is -0.353 e.